The van der Waals surface area contributed by atoms with Crippen LogP contribution in [0, 0.1) is 0 Å². The van der Waals surface area contributed by atoms with E-state index in [1.165, 1.54) is 0 Å². The Labute approximate surface area is 171 Å². The molecule has 4 rings (SSSR count). The lowest BCUT2D eigenvalue weighted by Gasteiger charge is -2.17. The molecule has 4 aromatic rings. The topological polar surface area (TPSA) is 43.1 Å². The van der Waals surface area contributed by atoms with Gasteiger partial charge >= 0.3 is 0 Å². The van der Waals surface area contributed by atoms with Crippen LogP contribution in [0.25, 0.3) is 11.5 Å². The maximum Gasteiger partial charge on any atom is 0.226 e. The fourth-order valence-electron chi connectivity index (χ4n) is 3.11. The summed E-state index contributed by atoms with van der Waals surface area (Å²) in [6.45, 7) is 0. The van der Waals surface area contributed by atoms with Crippen molar-refractivity contribution in [2.75, 3.05) is 0 Å². The van der Waals surface area contributed by atoms with Crippen LogP contribution >= 0.6 is 11.6 Å². The molecule has 0 spiro atoms. The molecule has 0 radical (unpaired) electrons. The van der Waals surface area contributed by atoms with Gasteiger partial charge in [0, 0.05) is 21.4 Å². The average molecular weight is 408 g/mol. The number of hydrogen-bond donors (Lipinski definition) is 0. The maximum atomic E-state index is 13.3. The second kappa shape index (κ2) is 8.55. The summed E-state index contributed by atoms with van der Waals surface area (Å²) in [6.07, 6.45) is 1.57. The third kappa shape index (κ3) is 4.24. The molecule has 0 saturated heterocycles. The summed E-state index contributed by atoms with van der Waals surface area (Å²) in [5, 5.41) is 0.391. The molecule has 0 unspecified atom stereocenters. The molecule has 0 aliphatic rings. The van der Waals surface area contributed by atoms with Gasteiger partial charge in [-0.25, -0.2) is 4.98 Å². The van der Waals surface area contributed by atoms with Gasteiger partial charge in [0.15, 0.2) is 0 Å². The molecular formula is C23H18ClNO2S. The van der Waals surface area contributed by atoms with E-state index in [1.807, 2.05) is 72.8 Å². The molecule has 1 heterocycles. The zero-order chi connectivity index (χ0) is 19.3. The molecule has 1 aromatic heterocycles. The van der Waals surface area contributed by atoms with E-state index in [0.717, 1.165) is 16.7 Å². The minimum absolute atomic E-state index is 0.228. The molecule has 0 bridgehead atoms. The van der Waals surface area contributed by atoms with E-state index in [-0.39, 0.29) is 5.25 Å². The van der Waals surface area contributed by atoms with Crippen LogP contribution in [0.3, 0.4) is 0 Å². The van der Waals surface area contributed by atoms with Crippen molar-refractivity contribution < 1.29 is 8.63 Å². The predicted octanol–water partition coefficient (Wildman–Crippen LogP) is 6.03. The van der Waals surface area contributed by atoms with Crippen LogP contribution in [0.2, 0.25) is 5.02 Å². The summed E-state index contributed by atoms with van der Waals surface area (Å²) in [6, 6.07) is 27.2. The first-order chi connectivity index (χ1) is 13.7. The monoisotopic (exact) mass is 407 g/mol. The average Bonchev–Trinajstić information content (AvgIpc) is 3.18. The molecule has 0 saturated carbocycles. The van der Waals surface area contributed by atoms with Crippen molar-refractivity contribution in [2.24, 2.45) is 0 Å². The smallest absolute Gasteiger partial charge is 0.226 e. The standard InChI is InChI=1S/C23H18ClNO2S/c24-20-13-7-12-19(14-20)23-25-21(15-27-23)16-28(26)22(17-8-3-1-4-9-17)18-10-5-2-6-11-18/h1-15,22H,16H2/t28-/m0/s1. The predicted molar refractivity (Wildman–Crippen MR) is 114 cm³/mol. The first-order valence-electron chi connectivity index (χ1n) is 8.88. The molecule has 0 amide bonds. The van der Waals surface area contributed by atoms with Crippen molar-refractivity contribution in [3.8, 4) is 11.5 Å². The fourth-order valence-corrected chi connectivity index (χ4v) is 4.81. The molecule has 0 aliphatic heterocycles. The van der Waals surface area contributed by atoms with Gasteiger partial charge < -0.3 is 4.42 Å². The van der Waals surface area contributed by atoms with Gasteiger partial charge in [-0.05, 0) is 29.3 Å². The lowest BCUT2D eigenvalue weighted by Crippen LogP contribution is -2.10. The quantitative estimate of drug-likeness (QED) is 0.391. The number of halogens is 1. The summed E-state index contributed by atoms with van der Waals surface area (Å²) in [7, 11) is -1.21. The SMILES string of the molecule is O=[S@@](Cc1coc(-c2cccc(Cl)c2)n1)C(c1ccccc1)c1ccccc1. The van der Waals surface area contributed by atoms with Crippen LogP contribution in [0.1, 0.15) is 22.1 Å². The Morgan fingerprint density at radius 1 is 0.893 bits per heavy atom. The van der Waals surface area contributed by atoms with Gasteiger partial charge in [0.2, 0.25) is 5.89 Å². The van der Waals surface area contributed by atoms with Crippen molar-refractivity contribution in [3.63, 3.8) is 0 Å². The molecule has 28 heavy (non-hydrogen) atoms. The summed E-state index contributed by atoms with van der Waals surface area (Å²) < 4.78 is 18.9. The first kappa shape index (κ1) is 18.7. The molecule has 0 N–H and O–H groups in total. The maximum absolute atomic E-state index is 13.3. The van der Waals surface area contributed by atoms with E-state index in [4.69, 9.17) is 16.0 Å². The number of aromatic nitrogens is 1. The van der Waals surface area contributed by atoms with Gasteiger partial charge in [-0.15, -0.1) is 0 Å². The highest BCUT2D eigenvalue weighted by atomic mass is 35.5. The molecule has 3 nitrogen and oxygen atoms in total. The highest BCUT2D eigenvalue weighted by Gasteiger charge is 2.22. The molecule has 140 valence electrons. The molecule has 0 aliphatic carbocycles. The van der Waals surface area contributed by atoms with Gasteiger partial charge in [-0.2, -0.15) is 0 Å². The third-order valence-electron chi connectivity index (χ3n) is 4.38. The Hall–Kier alpha value is -2.69. The van der Waals surface area contributed by atoms with Crippen molar-refractivity contribution in [1.29, 1.82) is 0 Å². The van der Waals surface area contributed by atoms with E-state index in [1.54, 1.807) is 18.4 Å². The fraction of sp³-hybridized carbons (Fsp3) is 0.0870. The number of nitrogens with zero attached hydrogens (tertiary/aromatic N) is 1. The molecule has 5 heteroatoms. The van der Waals surface area contributed by atoms with Crippen LogP contribution in [-0.2, 0) is 16.6 Å². The lowest BCUT2D eigenvalue weighted by atomic mass is 10.0. The highest BCUT2D eigenvalue weighted by molar-refractivity contribution is 7.84. The molecular weight excluding hydrogens is 390 g/mol. The summed E-state index contributed by atoms with van der Waals surface area (Å²) in [5.74, 6) is 0.781. The van der Waals surface area contributed by atoms with Crippen LogP contribution in [-0.4, -0.2) is 9.19 Å². The lowest BCUT2D eigenvalue weighted by molar-refractivity contribution is 0.573. The van der Waals surface area contributed by atoms with Crippen LogP contribution < -0.4 is 0 Å². The number of rotatable bonds is 6. The van der Waals surface area contributed by atoms with Gasteiger partial charge in [0.05, 0.1) is 16.7 Å². The number of oxazole rings is 1. The Morgan fingerprint density at radius 3 is 2.14 bits per heavy atom. The van der Waals surface area contributed by atoms with Gasteiger partial charge in [-0.1, -0.05) is 78.3 Å². The number of benzene rings is 3. The molecule has 3 aromatic carbocycles. The van der Waals surface area contributed by atoms with Crippen molar-refractivity contribution in [2.45, 2.75) is 11.0 Å². The van der Waals surface area contributed by atoms with Crippen LogP contribution in [0.15, 0.2) is 95.6 Å². The second-order valence-electron chi connectivity index (χ2n) is 6.38. The van der Waals surface area contributed by atoms with Crippen LogP contribution in [0.5, 0.6) is 0 Å². The number of hydrogen-bond acceptors (Lipinski definition) is 3. The summed E-state index contributed by atoms with van der Waals surface area (Å²) in [5.41, 5.74) is 3.49. The van der Waals surface area contributed by atoms with E-state index in [9.17, 15) is 4.21 Å². The van der Waals surface area contributed by atoms with E-state index < -0.39 is 10.8 Å². The Kier molecular flexibility index (Phi) is 5.70. The minimum Gasteiger partial charge on any atom is -0.444 e. The largest absolute Gasteiger partial charge is 0.444 e. The van der Waals surface area contributed by atoms with Crippen molar-refractivity contribution in [1.82, 2.24) is 4.98 Å². The van der Waals surface area contributed by atoms with E-state index >= 15 is 0 Å². The minimum atomic E-state index is -1.21. The first-order valence-corrected chi connectivity index (χ1v) is 10.6. The van der Waals surface area contributed by atoms with Gasteiger partial charge in [0.25, 0.3) is 0 Å². The van der Waals surface area contributed by atoms with Gasteiger partial charge in [-0.3, -0.25) is 4.21 Å². The van der Waals surface area contributed by atoms with Gasteiger partial charge in [0.1, 0.15) is 6.26 Å². The van der Waals surface area contributed by atoms with Crippen LogP contribution in [0.4, 0.5) is 0 Å². The van der Waals surface area contributed by atoms with Crippen molar-refractivity contribution >= 4 is 22.4 Å². The van der Waals surface area contributed by atoms with E-state index in [2.05, 4.69) is 4.98 Å². The van der Waals surface area contributed by atoms with E-state index in [0.29, 0.717) is 22.4 Å². The molecule has 0 fully saturated rings. The Balaban J connectivity index is 1.60. The summed E-state index contributed by atoms with van der Waals surface area (Å²) in [4.78, 5) is 4.51. The summed E-state index contributed by atoms with van der Waals surface area (Å²) >= 11 is 6.05. The second-order valence-corrected chi connectivity index (χ2v) is 8.34. The highest BCUT2D eigenvalue weighted by Crippen LogP contribution is 2.30. The zero-order valence-corrected chi connectivity index (χ0v) is 16.6. The normalized spacial score (nSPS) is 12.2. The third-order valence-corrected chi connectivity index (χ3v) is 6.27. The zero-order valence-electron chi connectivity index (χ0n) is 15.0. The Morgan fingerprint density at radius 2 is 1.54 bits per heavy atom. The Bertz CT molecular complexity index is 1040. The van der Waals surface area contributed by atoms with Crippen molar-refractivity contribution in [3.05, 3.63) is 113 Å². The molecule has 1 atom stereocenters.